The van der Waals surface area contributed by atoms with Crippen LogP contribution < -0.4 is 0 Å². The second-order valence-corrected chi connectivity index (χ2v) is 6.10. The highest BCUT2D eigenvalue weighted by Gasteiger charge is 2.12. The van der Waals surface area contributed by atoms with E-state index in [2.05, 4.69) is 33.4 Å². The molecular weight excluding hydrogens is 260 g/mol. The van der Waals surface area contributed by atoms with Crippen molar-refractivity contribution in [1.82, 2.24) is 0 Å². The van der Waals surface area contributed by atoms with Gasteiger partial charge in [-0.05, 0) is 40.0 Å². The Bertz CT molecular complexity index is 273. The third-order valence-electron chi connectivity index (χ3n) is 3.32. The van der Waals surface area contributed by atoms with Crippen LogP contribution in [0.4, 0.5) is 0 Å². The molecular formula is C19H36O2. The minimum atomic E-state index is -0.702. The second-order valence-electron chi connectivity index (χ2n) is 6.10. The number of unbranched alkanes of at least 4 members (excludes halogenated alkanes) is 6. The van der Waals surface area contributed by atoms with Gasteiger partial charge in [-0.3, -0.25) is 0 Å². The number of carbonyl (C=O) groups is 1. The molecule has 0 saturated carbocycles. The molecule has 124 valence electrons. The lowest BCUT2D eigenvalue weighted by molar-refractivity contribution is -0.107. The Morgan fingerprint density at radius 3 is 2.14 bits per heavy atom. The number of hydrogen-bond acceptors (Lipinski definition) is 2. The summed E-state index contributed by atoms with van der Waals surface area (Å²) in [6, 6.07) is 0. The fourth-order valence-electron chi connectivity index (χ4n) is 1.76. The van der Waals surface area contributed by atoms with E-state index in [4.69, 9.17) is 0 Å². The molecule has 0 aliphatic carbocycles. The van der Waals surface area contributed by atoms with Crippen molar-refractivity contribution in [2.24, 2.45) is 0 Å². The van der Waals surface area contributed by atoms with Gasteiger partial charge in [0.15, 0.2) is 0 Å². The topological polar surface area (TPSA) is 37.3 Å². The number of carbonyl (C=O) groups excluding carboxylic acids is 1. The summed E-state index contributed by atoms with van der Waals surface area (Å²) < 4.78 is 0. The third-order valence-corrected chi connectivity index (χ3v) is 3.32. The van der Waals surface area contributed by atoms with Crippen LogP contribution in [-0.2, 0) is 4.79 Å². The van der Waals surface area contributed by atoms with E-state index in [9.17, 15) is 9.90 Å². The maximum atomic E-state index is 9.89. The molecule has 0 aromatic heterocycles. The van der Waals surface area contributed by atoms with Gasteiger partial charge in [0.1, 0.15) is 6.29 Å². The Morgan fingerprint density at radius 2 is 1.67 bits per heavy atom. The Balaban J connectivity index is 0. The van der Waals surface area contributed by atoms with E-state index >= 15 is 0 Å². The lowest BCUT2D eigenvalue weighted by Gasteiger charge is -2.16. The van der Waals surface area contributed by atoms with Gasteiger partial charge in [-0.2, -0.15) is 0 Å². The highest BCUT2D eigenvalue weighted by atomic mass is 16.3. The fourth-order valence-corrected chi connectivity index (χ4v) is 1.76. The van der Waals surface area contributed by atoms with Crippen LogP contribution in [0.2, 0.25) is 0 Å². The van der Waals surface area contributed by atoms with E-state index in [-0.39, 0.29) is 0 Å². The molecule has 2 nitrogen and oxygen atoms in total. The zero-order valence-corrected chi connectivity index (χ0v) is 14.7. The summed E-state index contributed by atoms with van der Waals surface area (Å²) in [6.07, 6.45) is 14.8. The van der Waals surface area contributed by atoms with Crippen LogP contribution in [0.3, 0.4) is 0 Å². The van der Waals surface area contributed by atoms with E-state index in [0.717, 1.165) is 32.0 Å². The molecule has 0 rings (SSSR count). The Hall–Kier alpha value is -0.890. The summed E-state index contributed by atoms with van der Waals surface area (Å²) in [6.45, 7) is 11.7. The first kappa shape index (κ1) is 22.4. The normalized spacial score (nSPS) is 12.6. The van der Waals surface area contributed by atoms with Crippen LogP contribution in [-0.4, -0.2) is 17.0 Å². The molecule has 0 heterocycles. The molecule has 0 radical (unpaired) electrons. The summed E-state index contributed by atoms with van der Waals surface area (Å²) in [5.74, 6) is 0. The van der Waals surface area contributed by atoms with Crippen LogP contribution in [0, 0.1) is 0 Å². The summed E-state index contributed by atoms with van der Waals surface area (Å²) in [7, 11) is 0. The zero-order chi connectivity index (χ0) is 16.6. The Labute approximate surface area is 132 Å². The lowest BCUT2D eigenvalue weighted by atomic mass is 10.00. The minimum Gasteiger partial charge on any atom is -0.386 e. The predicted molar refractivity (Wildman–Crippen MR) is 93.5 cm³/mol. The average Bonchev–Trinajstić information content (AvgIpc) is 2.43. The average molecular weight is 296 g/mol. The van der Waals surface area contributed by atoms with Gasteiger partial charge in [-0.15, -0.1) is 6.58 Å². The van der Waals surface area contributed by atoms with Crippen LogP contribution in [0.5, 0.6) is 0 Å². The summed E-state index contributed by atoms with van der Waals surface area (Å²) in [5.41, 5.74) is 0.594. The van der Waals surface area contributed by atoms with Crippen molar-refractivity contribution in [3.63, 3.8) is 0 Å². The van der Waals surface area contributed by atoms with Crippen molar-refractivity contribution in [3.05, 3.63) is 24.3 Å². The van der Waals surface area contributed by atoms with Crippen molar-refractivity contribution in [1.29, 1.82) is 0 Å². The van der Waals surface area contributed by atoms with Gasteiger partial charge in [-0.1, -0.05) is 56.8 Å². The van der Waals surface area contributed by atoms with E-state index in [1.54, 1.807) is 13.0 Å². The minimum absolute atomic E-state index is 0.702. The molecule has 1 N–H and O–H groups in total. The molecule has 0 aromatic carbocycles. The van der Waals surface area contributed by atoms with Crippen molar-refractivity contribution in [3.8, 4) is 0 Å². The van der Waals surface area contributed by atoms with E-state index in [0.29, 0.717) is 0 Å². The summed E-state index contributed by atoms with van der Waals surface area (Å²) in [4.78, 5) is 9.89. The number of rotatable bonds is 11. The highest BCUT2D eigenvalue weighted by Crippen LogP contribution is 2.13. The molecule has 0 amide bonds. The molecule has 1 unspecified atom stereocenters. The van der Waals surface area contributed by atoms with Crippen molar-refractivity contribution in [2.75, 3.05) is 0 Å². The molecule has 0 aliphatic rings. The first-order valence-corrected chi connectivity index (χ1v) is 8.32. The van der Waals surface area contributed by atoms with Crippen molar-refractivity contribution < 1.29 is 9.90 Å². The van der Waals surface area contributed by atoms with Crippen LogP contribution in [0.1, 0.15) is 85.5 Å². The van der Waals surface area contributed by atoms with Gasteiger partial charge < -0.3 is 9.90 Å². The van der Waals surface area contributed by atoms with Crippen LogP contribution in [0.25, 0.3) is 0 Å². The largest absolute Gasteiger partial charge is 0.386 e. The van der Waals surface area contributed by atoms with Gasteiger partial charge in [0.2, 0.25) is 0 Å². The summed E-state index contributed by atoms with van der Waals surface area (Å²) in [5, 5.41) is 9.49. The first-order valence-electron chi connectivity index (χ1n) is 8.32. The van der Waals surface area contributed by atoms with E-state index < -0.39 is 5.60 Å². The van der Waals surface area contributed by atoms with Crippen molar-refractivity contribution >= 4 is 6.29 Å². The highest BCUT2D eigenvalue weighted by molar-refractivity contribution is 5.48. The Morgan fingerprint density at radius 1 is 1.10 bits per heavy atom. The van der Waals surface area contributed by atoms with Gasteiger partial charge in [0.25, 0.3) is 0 Å². The monoisotopic (exact) mass is 296 g/mol. The maximum Gasteiger partial charge on any atom is 0.119 e. The van der Waals surface area contributed by atoms with E-state index in [1.165, 1.54) is 37.7 Å². The second kappa shape index (κ2) is 15.5. The number of aliphatic hydroxyl groups is 1. The number of aldehydes is 1. The molecule has 1 atom stereocenters. The van der Waals surface area contributed by atoms with Gasteiger partial charge in [0.05, 0.1) is 5.60 Å². The van der Waals surface area contributed by atoms with Crippen LogP contribution in [0.15, 0.2) is 24.3 Å². The molecule has 0 fully saturated rings. The predicted octanol–water partition coefficient (Wildman–Crippen LogP) is 5.61. The molecule has 0 spiro atoms. The molecule has 2 heteroatoms. The van der Waals surface area contributed by atoms with Gasteiger partial charge in [0, 0.05) is 6.42 Å². The van der Waals surface area contributed by atoms with E-state index in [1.807, 2.05) is 0 Å². The number of allylic oxidation sites excluding steroid dienone is 2. The molecule has 0 bridgehead atoms. The third kappa shape index (κ3) is 21.6. The first-order chi connectivity index (χ1) is 9.89. The molecule has 21 heavy (non-hydrogen) atoms. The molecule has 0 saturated heterocycles. The maximum absolute atomic E-state index is 9.89. The SMILES string of the molecule is C=CC(C)(O)CCC=C(C)C.CCCCCCCCC=O. The molecule has 0 aliphatic heterocycles. The summed E-state index contributed by atoms with van der Waals surface area (Å²) >= 11 is 0. The zero-order valence-electron chi connectivity index (χ0n) is 14.7. The standard InChI is InChI=1S/C10H18O.C9H18O/c1-5-10(4,11)8-6-7-9(2)3;1-2-3-4-5-6-7-8-9-10/h5,7,11H,1,6,8H2,2-4H3;9H,2-8H2,1H3. The van der Waals surface area contributed by atoms with Crippen LogP contribution >= 0.6 is 0 Å². The van der Waals surface area contributed by atoms with Gasteiger partial charge >= 0.3 is 0 Å². The fraction of sp³-hybridized carbons (Fsp3) is 0.737. The van der Waals surface area contributed by atoms with Crippen molar-refractivity contribution in [2.45, 2.75) is 91.1 Å². The number of hydrogen-bond donors (Lipinski definition) is 1. The van der Waals surface area contributed by atoms with Gasteiger partial charge in [-0.25, -0.2) is 0 Å². The quantitative estimate of drug-likeness (QED) is 0.306. The smallest absolute Gasteiger partial charge is 0.119 e. The molecule has 0 aromatic rings. The lowest BCUT2D eigenvalue weighted by Crippen LogP contribution is -2.19. The Kier molecular flexibility index (Phi) is 16.5.